The second-order valence-corrected chi connectivity index (χ2v) is 5.37. The van der Waals surface area contributed by atoms with Crippen LogP contribution in [0.15, 0.2) is 22.7 Å². The maximum Gasteiger partial charge on any atom is 0.0215 e. The van der Waals surface area contributed by atoms with Crippen LogP contribution < -0.4 is 0 Å². The molecule has 1 aliphatic rings. The summed E-state index contributed by atoms with van der Waals surface area (Å²) in [5.41, 5.74) is 3.42. The van der Waals surface area contributed by atoms with E-state index in [1.807, 2.05) is 0 Å². The van der Waals surface area contributed by atoms with Crippen molar-refractivity contribution in [3.05, 3.63) is 33.8 Å². The van der Waals surface area contributed by atoms with E-state index in [0.717, 1.165) is 0 Å². The van der Waals surface area contributed by atoms with Gasteiger partial charge in [-0.15, -0.1) is 0 Å². The Kier molecular flexibility index (Phi) is 2.23. The van der Waals surface area contributed by atoms with Gasteiger partial charge in [-0.2, -0.15) is 0 Å². The predicted octanol–water partition coefficient (Wildman–Crippen LogP) is 4.06. The first-order valence-corrected chi connectivity index (χ1v) is 5.68. The van der Waals surface area contributed by atoms with E-state index in [1.54, 1.807) is 0 Å². The van der Waals surface area contributed by atoms with E-state index in [1.165, 1.54) is 34.9 Å². The van der Waals surface area contributed by atoms with E-state index in [2.05, 4.69) is 48.0 Å². The number of hydrogen-bond acceptors (Lipinski definition) is 0. The van der Waals surface area contributed by atoms with E-state index in [9.17, 15) is 0 Å². The van der Waals surface area contributed by atoms with Crippen LogP contribution in [0.25, 0.3) is 0 Å². The number of fused-ring (bicyclic) bond motifs is 1. The third kappa shape index (κ3) is 1.54. The van der Waals surface area contributed by atoms with Gasteiger partial charge in [-0.1, -0.05) is 41.9 Å². The van der Waals surface area contributed by atoms with Crippen LogP contribution in [0.4, 0.5) is 0 Å². The van der Waals surface area contributed by atoms with Gasteiger partial charge in [0.15, 0.2) is 0 Å². The maximum absolute atomic E-state index is 3.66. The highest BCUT2D eigenvalue weighted by Crippen LogP contribution is 2.40. The molecule has 70 valence electrons. The van der Waals surface area contributed by atoms with Gasteiger partial charge in [0.1, 0.15) is 0 Å². The molecule has 0 bridgehead atoms. The zero-order valence-electron chi connectivity index (χ0n) is 8.23. The van der Waals surface area contributed by atoms with Gasteiger partial charge in [0.05, 0.1) is 0 Å². The highest BCUT2D eigenvalue weighted by molar-refractivity contribution is 9.10. The smallest absolute Gasteiger partial charge is 0.0215 e. The predicted molar refractivity (Wildman–Crippen MR) is 60.1 cm³/mol. The van der Waals surface area contributed by atoms with Crippen molar-refractivity contribution < 1.29 is 0 Å². The molecule has 1 heteroatoms. The Morgan fingerprint density at radius 1 is 1.31 bits per heavy atom. The average Bonchev–Trinajstić information content (AvgIpc) is 2.02. The molecule has 2 rings (SSSR count). The molecule has 1 aromatic carbocycles. The summed E-state index contributed by atoms with van der Waals surface area (Å²) >= 11 is 3.66. The SMILES string of the molecule is CC1(C)CCCc2cccc(Br)c21. The Bertz CT molecular complexity index is 326. The molecule has 1 aliphatic carbocycles. The van der Waals surface area contributed by atoms with E-state index in [0.29, 0.717) is 5.41 Å². The highest BCUT2D eigenvalue weighted by atomic mass is 79.9. The summed E-state index contributed by atoms with van der Waals surface area (Å²) in [6.07, 6.45) is 3.89. The molecule has 0 amide bonds. The molecule has 0 nitrogen and oxygen atoms in total. The molecule has 0 radical (unpaired) electrons. The topological polar surface area (TPSA) is 0 Å². The lowest BCUT2D eigenvalue weighted by molar-refractivity contribution is 0.430. The van der Waals surface area contributed by atoms with E-state index in [-0.39, 0.29) is 0 Å². The number of aryl methyl sites for hydroxylation is 1. The first-order valence-electron chi connectivity index (χ1n) is 4.89. The zero-order chi connectivity index (χ0) is 9.47. The first kappa shape index (κ1) is 9.26. The number of rotatable bonds is 0. The molecule has 0 atom stereocenters. The van der Waals surface area contributed by atoms with Gasteiger partial charge in [-0.25, -0.2) is 0 Å². The Morgan fingerprint density at radius 3 is 2.77 bits per heavy atom. The molecular weight excluding hydrogens is 224 g/mol. The fourth-order valence-electron chi connectivity index (χ4n) is 2.38. The number of benzene rings is 1. The molecule has 0 unspecified atom stereocenters. The summed E-state index contributed by atoms with van der Waals surface area (Å²) < 4.78 is 1.29. The third-order valence-corrected chi connectivity index (χ3v) is 3.69. The fourth-order valence-corrected chi connectivity index (χ4v) is 3.32. The lowest BCUT2D eigenvalue weighted by Gasteiger charge is -2.33. The van der Waals surface area contributed by atoms with Crippen LogP contribution in [-0.2, 0) is 11.8 Å². The largest absolute Gasteiger partial charge is 0.0609 e. The van der Waals surface area contributed by atoms with Gasteiger partial charge in [0.2, 0.25) is 0 Å². The van der Waals surface area contributed by atoms with Gasteiger partial charge < -0.3 is 0 Å². The van der Waals surface area contributed by atoms with Crippen LogP contribution >= 0.6 is 15.9 Å². The minimum absolute atomic E-state index is 0.355. The van der Waals surface area contributed by atoms with Crippen LogP contribution in [0.2, 0.25) is 0 Å². The van der Waals surface area contributed by atoms with Crippen molar-refractivity contribution in [1.82, 2.24) is 0 Å². The van der Waals surface area contributed by atoms with Gasteiger partial charge >= 0.3 is 0 Å². The summed E-state index contributed by atoms with van der Waals surface area (Å²) in [7, 11) is 0. The van der Waals surface area contributed by atoms with Crippen molar-refractivity contribution in [3.8, 4) is 0 Å². The van der Waals surface area contributed by atoms with Crippen LogP contribution in [0, 0.1) is 0 Å². The minimum atomic E-state index is 0.355. The quantitative estimate of drug-likeness (QED) is 0.640. The van der Waals surface area contributed by atoms with E-state index in [4.69, 9.17) is 0 Å². The van der Waals surface area contributed by atoms with E-state index >= 15 is 0 Å². The molecule has 0 N–H and O–H groups in total. The van der Waals surface area contributed by atoms with Gasteiger partial charge in [-0.3, -0.25) is 0 Å². The second kappa shape index (κ2) is 3.13. The molecule has 0 aliphatic heterocycles. The van der Waals surface area contributed by atoms with Gasteiger partial charge in [0.25, 0.3) is 0 Å². The summed E-state index contributed by atoms with van der Waals surface area (Å²) in [5, 5.41) is 0. The first-order chi connectivity index (χ1) is 6.11. The summed E-state index contributed by atoms with van der Waals surface area (Å²) in [6, 6.07) is 6.57. The van der Waals surface area contributed by atoms with Crippen LogP contribution in [-0.4, -0.2) is 0 Å². The monoisotopic (exact) mass is 238 g/mol. The molecule has 0 heterocycles. The molecule has 0 saturated heterocycles. The molecule has 0 fully saturated rings. The van der Waals surface area contributed by atoms with Gasteiger partial charge in [0, 0.05) is 4.47 Å². The van der Waals surface area contributed by atoms with Crippen LogP contribution in [0.3, 0.4) is 0 Å². The molecule has 0 spiro atoms. The fraction of sp³-hybridized carbons (Fsp3) is 0.500. The highest BCUT2D eigenvalue weighted by Gasteiger charge is 2.28. The molecule has 1 aromatic rings. The van der Waals surface area contributed by atoms with Crippen molar-refractivity contribution in [2.75, 3.05) is 0 Å². The van der Waals surface area contributed by atoms with E-state index < -0.39 is 0 Å². The summed E-state index contributed by atoms with van der Waals surface area (Å²) in [4.78, 5) is 0. The zero-order valence-corrected chi connectivity index (χ0v) is 9.82. The van der Waals surface area contributed by atoms with Crippen molar-refractivity contribution in [3.63, 3.8) is 0 Å². The van der Waals surface area contributed by atoms with Crippen LogP contribution in [0.5, 0.6) is 0 Å². The lowest BCUT2D eigenvalue weighted by Crippen LogP contribution is -2.24. The van der Waals surface area contributed by atoms with Crippen molar-refractivity contribution >= 4 is 15.9 Å². The Labute approximate surface area is 88.5 Å². The molecule has 0 aromatic heterocycles. The standard InChI is InChI=1S/C12H15Br/c1-12(2)8-4-6-9-5-3-7-10(13)11(9)12/h3,5,7H,4,6,8H2,1-2H3. The third-order valence-electron chi connectivity index (χ3n) is 3.02. The Hall–Kier alpha value is -0.300. The minimum Gasteiger partial charge on any atom is -0.0609 e. The normalized spacial score (nSPS) is 19.6. The van der Waals surface area contributed by atoms with Crippen molar-refractivity contribution in [2.24, 2.45) is 0 Å². The lowest BCUT2D eigenvalue weighted by atomic mass is 9.73. The summed E-state index contributed by atoms with van der Waals surface area (Å²) in [6.45, 7) is 4.69. The van der Waals surface area contributed by atoms with Crippen molar-refractivity contribution in [2.45, 2.75) is 38.5 Å². The number of hydrogen-bond donors (Lipinski definition) is 0. The number of halogens is 1. The van der Waals surface area contributed by atoms with Crippen LogP contribution in [0.1, 0.15) is 37.8 Å². The van der Waals surface area contributed by atoms with Crippen molar-refractivity contribution in [1.29, 1.82) is 0 Å². The molecule has 13 heavy (non-hydrogen) atoms. The Balaban J connectivity index is 2.61. The average molecular weight is 239 g/mol. The maximum atomic E-state index is 3.66. The molecule has 0 saturated carbocycles. The van der Waals surface area contributed by atoms with Gasteiger partial charge in [-0.05, 0) is 41.9 Å². The summed E-state index contributed by atoms with van der Waals surface area (Å²) in [5.74, 6) is 0. The molecular formula is C12H15Br. The Morgan fingerprint density at radius 2 is 2.08 bits per heavy atom. The second-order valence-electron chi connectivity index (χ2n) is 4.51.